The molecule has 0 fully saturated rings. The smallest absolute Gasteiger partial charge is 0.550 e. The molecule has 0 heterocycles. The molecule has 0 aliphatic heterocycles. The summed E-state index contributed by atoms with van der Waals surface area (Å²) in [6, 6.07) is 0. The third-order valence-electron chi connectivity index (χ3n) is 10.7. The number of hydrogen-bond donors (Lipinski definition) is 0. The standard InChI is InChI=1S/3C12H24O2.Cr/c3*1-5-9-10(6-2)12(7-3,8-4)11(13)14;/h3*10H,5-9H2,1-4H3,(H,13,14);/q;;;+3/p-3. The number of aliphatic carboxylic acids is 3. The molecule has 255 valence electrons. The van der Waals surface area contributed by atoms with Gasteiger partial charge in [0.2, 0.25) is 0 Å². The summed E-state index contributed by atoms with van der Waals surface area (Å²) in [5.41, 5.74) is -1.78. The Morgan fingerprint density at radius 3 is 0.651 bits per heavy atom. The summed E-state index contributed by atoms with van der Waals surface area (Å²) in [5, 5.41) is 33.7. The van der Waals surface area contributed by atoms with Crippen LogP contribution in [0.2, 0.25) is 0 Å². The first-order valence-corrected chi connectivity index (χ1v) is 17.4. The Hall–Kier alpha value is -1.06. The van der Waals surface area contributed by atoms with Crippen LogP contribution in [0.15, 0.2) is 0 Å². The molecule has 0 saturated heterocycles. The fourth-order valence-corrected chi connectivity index (χ4v) is 7.51. The van der Waals surface area contributed by atoms with E-state index in [-0.39, 0.29) is 35.1 Å². The van der Waals surface area contributed by atoms with Crippen LogP contribution in [-0.2, 0) is 31.7 Å². The van der Waals surface area contributed by atoms with Gasteiger partial charge in [-0.05, 0) is 75.5 Å². The zero-order valence-electron chi connectivity index (χ0n) is 30.2. The van der Waals surface area contributed by atoms with E-state index >= 15 is 0 Å². The molecule has 0 N–H and O–H groups in total. The third kappa shape index (κ3) is 13.5. The maximum absolute atomic E-state index is 11.2. The van der Waals surface area contributed by atoms with Crippen molar-refractivity contribution < 1.29 is 47.1 Å². The molecule has 7 heteroatoms. The molecule has 3 atom stereocenters. The third-order valence-corrected chi connectivity index (χ3v) is 10.7. The van der Waals surface area contributed by atoms with E-state index in [9.17, 15) is 29.7 Å². The predicted octanol–water partition coefficient (Wildman–Crippen LogP) is 7.10. The van der Waals surface area contributed by atoms with Gasteiger partial charge in [0.15, 0.2) is 0 Å². The van der Waals surface area contributed by atoms with E-state index in [0.717, 1.165) is 57.8 Å². The zero-order valence-corrected chi connectivity index (χ0v) is 31.5. The summed E-state index contributed by atoms with van der Waals surface area (Å²) in [4.78, 5) is 33.7. The summed E-state index contributed by atoms with van der Waals surface area (Å²) < 4.78 is 0. The van der Waals surface area contributed by atoms with Crippen molar-refractivity contribution in [1.82, 2.24) is 0 Å². The van der Waals surface area contributed by atoms with E-state index in [1.54, 1.807) is 0 Å². The minimum absolute atomic E-state index is 0. The van der Waals surface area contributed by atoms with E-state index in [2.05, 4.69) is 41.5 Å². The van der Waals surface area contributed by atoms with Crippen LogP contribution in [0.3, 0.4) is 0 Å². The molecule has 3 unspecified atom stereocenters. The normalized spacial score (nSPS) is 13.7. The largest absolute Gasteiger partial charge is 3.00 e. The maximum Gasteiger partial charge on any atom is 3.00 e. The number of carbonyl (C=O) groups excluding carboxylic acids is 3. The average molecular weight is 650 g/mol. The molecule has 43 heavy (non-hydrogen) atoms. The van der Waals surface area contributed by atoms with Gasteiger partial charge in [0.1, 0.15) is 0 Å². The molecular weight excluding hydrogens is 580 g/mol. The van der Waals surface area contributed by atoms with Gasteiger partial charge in [-0.2, -0.15) is 0 Å². The molecule has 0 amide bonds. The fourth-order valence-electron chi connectivity index (χ4n) is 7.51. The topological polar surface area (TPSA) is 120 Å². The van der Waals surface area contributed by atoms with E-state index < -0.39 is 34.2 Å². The van der Waals surface area contributed by atoms with Crippen molar-refractivity contribution in [2.45, 2.75) is 179 Å². The van der Waals surface area contributed by atoms with Crippen molar-refractivity contribution in [3.63, 3.8) is 0 Å². The Morgan fingerprint density at radius 2 is 0.581 bits per heavy atom. The maximum atomic E-state index is 11.2. The molecule has 6 nitrogen and oxygen atoms in total. The van der Waals surface area contributed by atoms with Gasteiger partial charge in [0, 0.05) is 34.2 Å². The van der Waals surface area contributed by atoms with Gasteiger partial charge in [-0.15, -0.1) is 0 Å². The van der Waals surface area contributed by atoms with Crippen LogP contribution in [-0.4, -0.2) is 17.9 Å². The van der Waals surface area contributed by atoms with Gasteiger partial charge >= 0.3 is 17.4 Å². The van der Waals surface area contributed by atoms with Crippen LogP contribution in [0.25, 0.3) is 0 Å². The average Bonchev–Trinajstić information content (AvgIpc) is 2.98. The van der Waals surface area contributed by atoms with E-state index in [4.69, 9.17) is 0 Å². The minimum atomic E-state index is -0.859. The predicted molar refractivity (Wildman–Crippen MR) is 170 cm³/mol. The Balaban J connectivity index is -0.000000262. The molecule has 0 aliphatic carbocycles. The van der Waals surface area contributed by atoms with Crippen LogP contribution in [0, 0.1) is 34.0 Å². The van der Waals surface area contributed by atoms with Gasteiger partial charge in [0.25, 0.3) is 0 Å². The Bertz CT molecular complexity index is 615. The van der Waals surface area contributed by atoms with Crippen LogP contribution in [0.1, 0.15) is 179 Å². The number of rotatable bonds is 21. The summed E-state index contributed by atoms with van der Waals surface area (Å²) in [6.07, 6.45) is 13.0. The van der Waals surface area contributed by atoms with Crippen LogP contribution < -0.4 is 15.3 Å². The zero-order chi connectivity index (χ0) is 33.6. The molecule has 1 radical (unpaired) electrons. The fraction of sp³-hybridized carbons (Fsp3) is 0.917. The molecule has 0 saturated carbocycles. The number of carbonyl (C=O) groups is 3. The summed E-state index contributed by atoms with van der Waals surface area (Å²) >= 11 is 0. The van der Waals surface area contributed by atoms with E-state index in [1.807, 2.05) is 41.5 Å². The molecule has 0 aromatic carbocycles. The van der Waals surface area contributed by atoms with Crippen molar-refractivity contribution in [3.05, 3.63) is 0 Å². The monoisotopic (exact) mass is 649 g/mol. The molecule has 0 bridgehead atoms. The first-order valence-electron chi connectivity index (χ1n) is 17.4. The van der Waals surface area contributed by atoms with Crippen LogP contribution >= 0.6 is 0 Å². The first kappa shape index (κ1) is 48.8. The second kappa shape index (κ2) is 26.2. The second-order valence-corrected chi connectivity index (χ2v) is 12.1. The molecule has 0 aromatic heterocycles. The van der Waals surface area contributed by atoms with E-state index in [0.29, 0.717) is 38.5 Å². The number of hydrogen-bond acceptors (Lipinski definition) is 6. The van der Waals surface area contributed by atoms with Gasteiger partial charge in [-0.1, -0.05) is 122 Å². The molecule has 0 aliphatic rings. The molecule has 0 aromatic rings. The Morgan fingerprint density at radius 1 is 0.419 bits per heavy atom. The number of carboxylic acid groups (broad SMARTS) is 3. The summed E-state index contributed by atoms with van der Waals surface area (Å²) in [5.74, 6) is -1.76. The quantitative estimate of drug-likeness (QED) is 0.131. The van der Waals surface area contributed by atoms with Crippen molar-refractivity contribution in [3.8, 4) is 0 Å². The number of carboxylic acids is 3. The van der Waals surface area contributed by atoms with Crippen molar-refractivity contribution in [1.29, 1.82) is 0 Å². The summed E-state index contributed by atoms with van der Waals surface area (Å²) in [7, 11) is 0. The SMILES string of the molecule is CCCC(CC)C(CC)(CC)C(=O)[O-].CCCC(CC)C(CC)(CC)C(=O)[O-].CCCC(CC)C(CC)(CC)C(=O)[O-].[Cr+3]. The summed E-state index contributed by atoms with van der Waals surface area (Å²) in [6.45, 7) is 24.3. The van der Waals surface area contributed by atoms with Crippen molar-refractivity contribution in [2.75, 3.05) is 0 Å². The molecule has 0 spiro atoms. The van der Waals surface area contributed by atoms with Gasteiger partial charge < -0.3 is 29.7 Å². The molecule has 0 rings (SSSR count). The van der Waals surface area contributed by atoms with E-state index in [1.165, 1.54) is 0 Å². The Labute approximate surface area is 277 Å². The van der Waals surface area contributed by atoms with Gasteiger partial charge in [-0.25, -0.2) is 0 Å². The van der Waals surface area contributed by atoms with Crippen LogP contribution in [0.4, 0.5) is 0 Å². The molecular formula is C36H69CrO6. The first-order chi connectivity index (χ1) is 19.8. The van der Waals surface area contributed by atoms with Gasteiger partial charge in [-0.3, -0.25) is 0 Å². The minimum Gasteiger partial charge on any atom is -0.550 e. The van der Waals surface area contributed by atoms with Crippen molar-refractivity contribution >= 4 is 17.9 Å². The second-order valence-electron chi connectivity index (χ2n) is 12.1. The van der Waals surface area contributed by atoms with Crippen LogP contribution in [0.5, 0.6) is 0 Å². The van der Waals surface area contributed by atoms with Gasteiger partial charge in [0.05, 0.1) is 0 Å². The van der Waals surface area contributed by atoms with Crippen molar-refractivity contribution in [2.24, 2.45) is 34.0 Å². The Kier molecular flexibility index (Phi) is 29.7.